The highest BCUT2D eigenvalue weighted by Crippen LogP contribution is 2.48. The molecule has 0 unspecified atom stereocenters. The molecule has 0 aromatic heterocycles. The molecule has 0 aliphatic heterocycles. The molecular formula is C14H25N. The molecule has 0 amide bonds. The molecule has 2 N–H and O–H groups in total. The molecule has 0 aromatic carbocycles. The van der Waals surface area contributed by atoms with E-state index < -0.39 is 0 Å². The minimum absolute atomic E-state index is 0.297. The van der Waals surface area contributed by atoms with Gasteiger partial charge in [-0.25, -0.2) is 0 Å². The van der Waals surface area contributed by atoms with Crippen molar-refractivity contribution in [3.8, 4) is 0 Å². The summed E-state index contributed by atoms with van der Waals surface area (Å²) < 4.78 is 0. The fraction of sp³-hybridized carbons (Fsp3) is 1.00. The average molecular weight is 207 g/mol. The van der Waals surface area contributed by atoms with E-state index in [1.807, 2.05) is 0 Å². The van der Waals surface area contributed by atoms with E-state index in [0.717, 1.165) is 17.8 Å². The first-order valence-electron chi connectivity index (χ1n) is 7.06. The quantitative estimate of drug-likeness (QED) is 0.753. The number of nitrogens with two attached hydrogens (primary N) is 1. The lowest BCUT2D eigenvalue weighted by Crippen LogP contribution is -2.34. The predicted octanol–water partition coefficient (Wildman–Crippen LogP) is 3.47. The van der Waals surface area contributed by atoms with Gasteiger partial charge in [-0.15, -0.1) is 0 Å². The maximum atomic E-state index is 6.21. The first kappa shape index (κ1) is 10.1. The first-order chi connectivity index (χ1) is 7.27. The second-order valence-electron chi connectivity index (χ2n) is 6.45. The van der Waals surface area contributed by atoms with Crippen LogP contribution in [0.2, 0.25) is 0 Å². The fourth-order valence-electron chi connectivity index (χ4n) is 4.15. The Bertz CT molecular complexity index is 209. The first-order valence-corrected chi connectivity index (χ1v) is 7.06. The Morgan fingerprint density at radius 2 is 1.47 bits per heavy atom. The zero-order valence-corrected chi connectivity index (χ0v) is 9.88. The van der Waals surface area contributed by atoms with E-state index in [1.165, 1.54) is 64.2 Å². The van der Waals surface area contributed by atoms with Gasteiger partial charge in [0.15, 0.2) is 0 Å². The van der Waals surface area contributed by atoms with Gasteiger partial charge in [-0.1, -0.05) is 38.5 Å². The SMILES string of the molecule is NC1(CCC2C3CCCC2CCC3)CC1. The zero-order valence-electron chi connectivity index (χ0n) is 9.88. The van der Waals surface area contributed by atoms with Gasteiger partial charge < -0.3 is 5.73 Å². The topological polar surface area (TPSA) is 26.0 Å². The molecule has 0 radical (unpaired) electrons. The summed E-state index contributed by atoms with van der Waals surface area (Å²) in [6.45, 7) is 0. The standard InChI is InChI=1S/C14H25N/c15-14(9-10-14)8-7-13-11-3-1-4-12(13)6-2-5-11/h11-13H,1-10,15H2. The van der Waals surface area contributed by atoms with E-state index in [0.29, 0.717) is 5.54 Å². The summed E-state index contributed by atoms with van der Waals surface area (Å²) >= 11 is 0. The summed E-state index contributed by atoms with van der Waals surface area (Å²) in [6.07, 6.45) is 14.5. The molecule has 0 saturated heterocycles. The Labute approximate surface area is 93.8 Å². The van der Waals surface area contributed by atoms with Crippen LogP contribution >= 0.6 is 0 Å². The van der Waals surface area contributed by atoms with Crippen molar-refractivity contribution in [2.75, 3.05) is 0 Å². The molecule has 0 aromatic rings. The van der Waals surface area contributed by atoms with Crippen LogP contribution in [-0.4, -0.2) is 5.54 Å². The molecule has 3 fully saturated rings. The number of fused-ring (bicyclic) bond motifs is 2. The van der Waals surface area contributed by atoms with E-state index in [-0.39, 0.29) is 0 Å². The largest absolute Gasteiger partial charge is 0.325 e. The molecule has 2 bridgehead atoms. The van der Waals surface area contributed by atoms with Gasteiger partial charge in [0.2, 0.25) is 0 Å². The lowest BCUT2D eigenvalue weighted by atomic mass is 9.63. The van der Waals surface area contributed by atoms with Crippen molar-refractivity contribution in [1.29, 1.82) is 0 Å². The molecular weight excluding hydrogens is 182 g/mol. The van der Waals surface area contributed by atoms with Gasteiger partial charge in [-0.2, -0.15) is 0 Å². The van der Waals surface area contributed by atoms with Crippen molar-refractivity contribution in [3.05, 3.63) is 0 Å². The van der Waals surface area contributed by atoms with Gasteiger partial charge in [0, 0.05) is 5.54 Å². The molecule has 3 rings (SSSR count). The van der Waals surface area contributed by atoms with Crippen molar-refractivity contribution in [2.45, 2.75) is 69.7 Å². The van der Waals surface area contributed by atoms with E-state index in [4.69, 9.17) is 5.73 Å². The molecule has 1 heteroatoms. The minimum Gasteiger partial charge on any atom is -0.325 e. The molecule has 0 atom stereocenters. The lowest BCUT2D eigenvalue weighted by Gasteiger charge is -2.43. The summed E-state index contributed by atoms with van der Waals surface area (Å²) in [5.41, 5.74) is 6.51. The Morgan fingerprint density at radius 1 is 0.933 bits per heavy atom. The molecule has 3 aliphatic rings. The summed E-state index contributed by atoms with van der Waals surface area (Å²) in [6, 6.07) is 0. The smallest absolute Gasteiger partial charge is 0.0155 e. The van der Waals surface area contributed by atoms with Crippen LogP contribution in [0, 0.1) is 17.8 Å². The van der Waals surface area contributed by atoms with E-state index in [2.05, 4.69) is 0 Å². The minimum atomic E-state index is 0.297. The van der Waals surface area contributed by atoms with Crippen molar-refractivity contribution >= 4 is 0 Å². The lowest BCUT2D eigenvalue weighted by molar-refractivity contribution is 0.0817. The normalized spacial score (nSPS) is 42.6. The molecule has 15 heavy (non-hydrogen) atoms. The number of hydrogen-bond donors (Lipinski definition) is 1. The van der Waals surface area contributed by atoms with Crippen molar-refractivity contribution in [2.24, 2.45) is 23.5 Å². The number of rotatable bonds is 3. The predicted molar refractivity (Wildman–Crippen MR) is 63.6 cm³/mol. The number of hydrogen-bond acceptors (Lipinski definition) is 1. The second kappa shape index (κ2) is 3.76. The Balaban J connectivity index is 1.58. The molecule has 0 spiro atoms. The Morgan fingerprint density at radius 3 is 1.93 bits per heavy atom. The van der Waals surface area contributed by atoms with Crippen molar-refractivity contribution in [1.82, 2.24) is 0 Å². The van der Waals surface area contributed by atoms with Crippen LogP contribution in [0.1, 0.15) is 64.2 Å². The second-order valence-corrected chi connectivity index (χ2v) is 6.45. The highest BCUT2D eigenvalue weighted by atomic mass is 14.8. The van der Waals surface area contributed by atoms with Gasteiger partial charge in [0.05, 0.1) is 0 Å². The maximum Gasteiger partial charge on any atom is 0.0155 e. The molecule has 1 nitrogen and oxygen atoms in total. The van der Waals surface area contributed by atoms with Crippen LogP contribution in [0.25, 0.3) is 0 Å². The van der Waals surface area contributed by atoms with Crippen LogP contribution in [0.5, 0.6) is 0 Å². The molecule has 3 aliphatic carbocycles. The van der Waals surface area contributed by atoms with Crippen molar-refractivity contribution in [3.63, 3.8) is 0 Å². The van der Waals surface area contributed by atoms with Gasteiger partial charge >= 0.3 is 0 Å². The third-order valence-electron chi connectivity index (χ3n) is 5.38. The summed E-state index contributed by atoms with van der Waals surface area (Å²) in [4.78, 5) is 0. The Kier molecular flexibility index (Phi) is 2.54. The highest BCUT2D eigenvalue weighted by molar-refractivity contribution is 4.99. The molecule has 0 heterocycles. The van der Waals surface area contributed by atoms with Crippen LogP contribution in [0.15, 0.2) is 0 Å². The van der Waals surface area contributed by atoms with Crippen LogP contribution in [-0.2, 0) is 0 Å². The van der Waals surface area contributed by atoms with E-state index in [9.17, 15) is 0 Å². The fourth-order valence-corrected chi connectivity index (χ4v) is 4.15. The van der Waals surface area contributed by atoms with E-state index in [1.54, 1.807) is 0 Å². The third-order valence-corrected chi connectivity index (χ3v) is 5.38. The van der Waals surface area contributed by atoms with Gasteiger partial charge in [0.1, 0.15) is 0 Å². The van der Waals surface area contributed by atoms with E-state index >= 15 is 0 Å². The van der Waals surface area contributed by atoms with Gasteiger partial charge in [-0.3, -0.25) is 0 Å². The summed E-state index contributed by atoms with van der Waals surface area (Å²) in [7, 11) is 0. The van der Waals surface area contributed by atoms with Crippen LogP contribution in [0.3, 0.4) is 0 Å². The van der Waals surface area contributed by atoms with Crippen LogP contribution < -0.4 is 5.73 Å². The third kappa shape index (κ3) is 2.08. The zero-order chi connectivity index (χ0) is 10.3. The van der Waals surface area contributed by atoms with Gasteiger partial charge in [0.25, 0.3) is 0 Å². The summed E-state index contributed by atoms with van der Waals surface area (Å²) in [5.74, 6) is 3.23. The maximum absolute atomic E-state index is 6.21. The highest BCUT2D eigenvalue weighted by Gasteiger charge is 2.41. The molecule has 86 valence electrons. The van der Waals surface area contributed by atoms with Gasteiger partial charge in [-0.05, 0) is 43.4 Å². The Hall–Kier alpha value is -0.0400. The van der Waals surface area contributed by atoms with Crippen LogP contribution in [0.4, 0.5) is 0 Å². The average Bonchev–Trinajstić information content (AvgIpc) is 2.93. The van der Waals surface area contributed by atoms with Crippen molar-refractivity contribution < 1.29 is 0 Å². The monoisotopic (exact) mass is 207 g/mol. The summed E-state index contributed by atoms with van der Waals surface area (Å²) in [5, 5.41) is 0. The molecule has 3 saturated carbocycles.